The molecule has 1 saturated heterocycles. The Bertz CT molecular complexity index is 1030. The van der Waals surface area contributed by atoms with Crippen LogP contribution in [0.15, 0.2) is 47.7 Å². The van der Waals surface area contributed by atoms with Crippen molar-refractivity contribution < 1.29 is 14.3 Å². The van der Waals surface area contributed by atoms with Crippen LogP contribution in [-0.2, 0) is 11.3 Å². The quantitative estimate of drug-likeness (QED) is 0.458. The van der Waals surface area contributed by atoms with E-state index in [-0.39, 0.29) is 12.0 Å². The lowest BCUT2D eigenvalue weighted by molar-refractivity contribution is 0.0194. The van der Waals surface area contributed by atoms with Gasteiger partial charge in [0, 0.05) is 25.2 Å². The van der Waals surface area contributed by atoms with E-state index in [0.717, 1.165) is 18.5 Å². The van der Waals surface area contributed by atoms with E-state index < -0.39 is 5.60 Å². The molecule has 0 spiro atoms. The zero-order valence-electron chi connectivity index (χ0n) is 19.0. The first-order valence-corrected chi connectivity index (χ1v) is 11.2. The predicted molar refractivity (Wildman–Crippen MR) is 127 cm³/mol. The summed E-state index contributed by atoms with van der Waals surface area (Å²) in [6.45, 7) is 6.80. The van der Waals surface area contributed by atoms with Gasteiger partial charge in [0.15, 0.2) is 0 Å². The number of rotatable bonds is 6. The molecule has 1 amide bonds. The monoisotopic (exact) mass is 469 g/mol. The molecule has 174 valence electrons. The van der Waals surface area contributed by atoms with Crippen molar-refractivity contribution in [1.82, 2.24) is 9.88 Å². The minimum absolute atomic E-state index is 0.166. The molecule has 1 fully saturated rings. The van der Waals surface area contributed by atoms with Gasteiger partial charge in [0.05, 0.1) is 16.4 Å². The van der Waals surface area contributed by atoms with Gasteiger partial charge in [0.2, 0.25) is 0 Å². The zero-order valence-corrected chi connectivity index (χ0v) is 19.8. The Morgan fingerprint density at radius 1 is 1.36 bits per heavy atom. The zero-order chi connectivity index (χ0) is 23.8. The molecule has 8 nitrogen and oxygen atoms in total. The summed E-state index contributed by atoms with van der Waals surface area (Å²) in [5.41, 5.74) is 4.08. The van der Waals surface area contributed by atoms with E-state index in [1.807, 2.05) is 39.0 Å². The summed E-state index contributed by atoms with van der Waals surface area (Å²) in [7, 11) is 0. The van der Waals surface area contributed by atoms with Gasteiger partial charge >= 0.3 is 6.09 Å². The molecule has 0 saturated carbocycles. The number of nitrogens with zero attached hydrogens (tertiary/aromatic N) is 4. The molecular formula is C24H28ClN5O3. The number of ether oxygens (including phenoxy) is 2. The van der Waals surface area contributed by atoms with E-state index >= 15 is 0 Å². The van der Waals surface area contributed by atoms with Crippen LogP contribution in [0.3, 0.4) is 0 Å². The SMILES string of the molecule is CC(C)(C)OC(=O)N1CCCC(C(C#N)=NNc2ccc(OCc3ccccn3)c(Cl)c2)C1. The van der Waals surface area contributed by atoms with Crippen LogP contribution in [0.1, 0.15) is 39.3 Å². The van der Waals surface area contributed by atoms with Crippen molar-refractivity contribution in [2.45, 2.75) is 45.8 Å². The summed E-state index contributed by atoms with van der Waals surface area (Å²) in [5.74, 6) is 0.359. The third-order valence-corrected chi connectivity index (χ3v) is 5.21. The first kappa shape index (κ1) is 24.3. The fourth-order valence-electron chi connectivity index (χ4n) is 3.35. The van der Waals surface area contributed by atoms with Gasteiger partial charge in [0.25, 0.3) is 0 Å². The Morgan fingerprint density at radius 3 is 2.85 bits per heavy atom. The third-order valence-electron chi connectivity index (χ3n) is 4.91. The number of anilines is 1. The van der Waals surface area contributed by atoms with Crippen LogP contribution in [-0.4, -0.2) is 40.4 Å². The summed E-state index contributed by atoms with van der Waals surface area (Å²) in [5, 5.41) is 14.3. The van der Waals surface area contributed by atoms with Crippen LogP contribution in [0.25, 0.3) is 0 Å². The Morgan fingerprint density at radius 2 is 2.18 bits per heavy atom. The number of benzene rings is 1. The van der Waals surface area contributed by atoms with Gasteiger partial charge in [-0.05, 0) is 63.9 Å². The molecule has 1 aromatic carbocycles. The summed E-state index contributed by atoms with van der Waals surface area (Å²) in [4.78, 5) is 18.2. The molecule has 1 N–H and O–H groups in total. The van der Waals surface area contributed by atoms with Gasteiger partial charge in [-0.3, -0.25) is 10.4 Å². The first-order chi connectivity index (χ1) is 15.7. The van der Waals surface area contributed by atoms with Gasteiger partial charge < -0.3 is 14.4 Å². The molecule has 2 aromatic rings. The van der Waals surface area contributed by atoms with Crippen LogP contribution in [0, 0.1) is 17.2 Å². The number of aromatic nitrogens is 1. The van der Waals surface area contributed by atoms with E-state index in [1.165, 1.54) is 0 Å². The summed E-state index contributed by atoms with van der Waals surface area (Å²) < 4.78 is 11.2. The minimum Gasteiger partial charge on any atom is -0.486 e. The number of halogens is 1. The Kier molecular flexibility index (Phi) is 8.12. The average Bonchev–Trinajstić information content (AvgIpc) is 2.79. The lowest BCUT2D eigenvalue weighted by atomic mass is 9.94. The number of hydrogen-bond donors (Lipinski definition) is 1. The second-order valence-electron chi connectivity index (χ2n) is 8.74. The second kappa shape index (κ2) is 11.0. The number of carbonyl (C=O) groups is 1. The van der Waals surface area contributed by atoms with E-state index in [9.17, 15) is 10.1 Å². The number of nitriles is 1. The number of carbonyl (C=O) groups excluding carboxylic acids is 1. The standard InChI is InChI=1S/C24H28ClN5O3/c1-24(2,3)33-23(31)30-12-6-7-17(15-30)21(14-26)29-28-18-9-10-22(20(25)13-18)32-16-19-8-4-5-11-27-19/h4-5,8-11,13,17,28H,6-7,12,15-16H2,1-3H3. The Hall–Kier alpha value is -3.31. The molecular weight excluding hydrogens is 442 g/mol. The molecule has 1 aromatic heterocycles. The van der Waals surface area contributed by atoms with Crippen molar-refractivity contribution in [3.05, 3.63) is 53.3 Å². The van der Waals surface area contributed by atoms with Crippen LogP contribution in [0.4, 0.5) is 10.5 Å². The predicted octanol–water partition coefficient (Wildman–Crippen LogP) is 5.25. The topological polar surface area (TPSA) is 99.8 Å². The molecule has 3 rings (SSSR count). The van der Waals surface area contributed by atoms with Gasteiger partial charge in [-0.2, -0.15) is 10.4 Å². The minimum atomic E-state index is -0.565. The molecule has 33 heavy (non-hydrogen) atoms. The lowest BCUT2D eigenvalue weighted by Crippen LogP contribution is -2.44. The Balaban J connectivity index is 1.60. The van der Waals surface area contributed by atoms with Crippen molar-refractivity contribution in [3.63, 3.8) is 0 Å². The van der Waals surface area contributed by atoms with Crippen LogP contribution in [0.2, 0.25) is 5.02 Å². The molecule has 1 unspecified atom stereocenters. The van der Waals surface area contributed by atoms with E-state index in [1.54, 1.807) is 29.3 Å². The number of pyridine rings is 1. The molecule has 1 atom stereocenters. The number of hydrogen-bond acceptors (Lipinski definition) is 7. The molecule has 1 aliphatic heterocycles. The number of piperidine rings is 1. The van der Waals surface area contributed by atoms with Gasteiger partial charge in [-0.1, -0.05) is 17.7 Å². The largest absolute Gasteiger partial charge is 0.486 e. The van der Waals surface area contributed by atoms with E-state index in [0.29, 0.717) is 41.9 Å². The average molecular weight is 470 g/mol. The molecule has 1 aliphatic rings. The van der Waals surface area contributed by atoms with Crippen LogP contribution in [0.5, 0.6) is 5.75 Å². The molecule has 2 heterocycles. The first-order valence-electron chi connectivity index (χ1n) is 10.8. The fraction of sp³-hybridized carbons (Fsp3) is 0.417. The molecule has 0 radical (unpaired) electrons. The molecule has 0 aliphatic carbocycles. The maximum Gasteiger partial charge on any atom is 0.410 e. The lowest BCUT2D eigenvalue weighted by Gasteiger charge is -2.33. The number of hydrazone groups is 1. The highest BCUT2D eigenvalue weighted by atomic mass is 35.5. The van der Waals surface area contributed by atoms with E-state index in [2.05, 4.69) is 21.6 Å². The number of amides is 1. The van der Waals surface area contributed by atoms with Crippen molar-refractivity contribution in [2.75, 3.05) is 18.5 Å². The number of likely N-dealkylation sites (tertiary alicyclic amines) is 1. The normalized spacial score (nSPS) is 16.6. The highest BCUT2D eigenvalue weighted by Crippen LogP contribution is 2.28. The van der Waals surface area contributed by atoms with E-state index in [4.69, 9.17) is 21.1 Å². The maximum absolute atomic E-state index is 12.4. The maximum atomic E-state index is 12.4. The summed E-state index contributed by atoms with van der Waals surface area (Å²) in [6, 6.07) is 13.0. The fourth-order valence-corrected chi connectivity index (χ4v) is 3.58. The van der Waals surface area contributed by atoms with Crippen LogP contribution < -0.4 is 10.2 Å². The van der Waals surface area contributed by atoms with Gasteiger partial charge in [-0.25, -0.2) is 4.79 Å². The number of nitrogens with one attached hydrogen (secondary N) is 1. The highest BCUT2D eigenvalue weighted by Gasteiger charge is 2.30. The summed E-state index contributed by atoms with van der Waals surface area (Å²) >= 11 is 6.34. The molecule has 0 bridgehead atoms. The summed E-state index contributed by atoms with van der Waals surface area (Å²) in [6.07, 6.45) is 2.88. The third kappa shape index (κ3) is 7.36. The highest BCUT2D eigenvalue weighted by molar-refractivity contribution is 6.32. The van der Waals surface area contributed by atoms with Crippen molar-refractivity contribution in [2.24, 2.45) is 11.0 Å². The molecule has 9 heteroatoms. The van der Waals surface area contributed by atoms with Crippen molar-refractivity contribution >= 4 is 29.1 Å². The van der Waals surface area contributed by atoms with Crippen molar-refractivity contribution in [1.29, 1.82) is 5.26 Å². The van der Waals surface area contributed by atoms with Crippen molar-refractivity contribution in [3.8, 4) is 11.8 Å². The Labute approximate surface area is 199 Å². The van der Waals surface area contributed by atoms with Gasteiger partial charge in [-0.15, -0.1) is 0 Å². The smallest absolute Gasteiger partial charge is 0.410 e. The van der Waals surface area contributed by atoms with Gasteiger partial charge in [0.1, 0.15) is 29.7 Å². The van der Waals surface area contributed by atoms with Crippen LogP contribution >= 0.6 is 11.6 Å². The second-order valence-corrected chi connectivity index (χ2v) is 9.15.